The summed E-state index contributed by atoms with van der Waals surface area (Å²) < 4.78 is 0. The normalized spacial score (nSPS) is 20.9. The van der Waals surface area contributed by atoms with Gasteiger partial charge in [-0.25, -0.2) is 0 Å². The first-order valence-electron chi connectivity index (χ1n) is 6.27. The number of hydrogen-bond acceptors (Lipinski definition) is 2. The Bertz CT molecular complexity index is 280. The van der Waals surface area contributed by atoms with Crippen LogP contribution < -0.4 is 5.32 Å². The number of benzene rings is 1. The Hall–Kier alpha value is -0.470. The molecule has 2 heteroatoms. The maximum Gasteiger partial charge on any atom is -0.00126 e. The topological polar surface area (TPSA) is 12.0 Å². The molecule has 0 bridgehead atoms. The van der Waals surface area contributed by atoms with E-state index in [0.717, 1.165) is 5.92 Å². The predicted octanol–water partition coefficient (Wildman–Crippen LogP) is 2.96. The Balaban J connectivity index is 1.58. The second-order valence-corrected chi connectivity index (χ2v) is 5.67. The third kappa shape index (κ3) is 4.18. The molecule has 1 aliphatic heterocycles. The molecule has 16 heavy (non-hydrogen) atoms. The van der Waals surface area contributed by atoms with E-state index >= 15 is 0 Å². The Labute approximate surface area is 103 Å². The molecule has 0 amide bonds. The van der Waals surface area contributed by atoms with Gasteiger partial charge in [0.15, 0.2) is 0 Å². The molecule has 1 unspecified atom stereocenters. The zero-order valence-corrected chi connectivity index (χ0v) is 10.6. The standard InChI is InChI=1S/C14H21NS/c1-2-5-13(6-3-1)8-10-16-12-14-7-4-9-15-11-14/h1-3,5-6,14-15H,4,7-12H2. The number of aryl methyl sites for hydroxylation is 1. The lowest BCUT2D eigenvalue weighted by molar-refractivity contribution is 0.410. The summed E-state index contributed by atoms with van der Waals surface area (Å²) >= 11 is 2.11. The highest BCUT2D eigenvalue weighted by Gasteiger charge is 2.12. The van der Waals surface area contributed by atoms with Gasteiger partial charge in [0.05, 0.1) is 0 Å². The van der Waals surface area contributed by atoms with Crippen molar-refractivity contribution >= 4 is 11.8 Å². The van der Waals surface area contributed by atoms with Crippen molar-refractivity contribution in [3.63, 3.8) is 0 Å². The van der Waals surface area contributed by atoms with Crippen LogP contribution in [0.4, 0.5) is 0 Å². The van der Waals surface area contributed by atoms with Crippen LogP contribution in [0.2, 0.25) is 0 Å². The molecule has 2 rings (SSSR count). The first kappa shape index (κ1) is 12.0. The molecule has 1 saturated heterocycles. The molecular weight excluding hydrogens is 214 g/mol. The summed E-state index contributed by atoms with van der Waals surface area (Å²) in [5.74, 6) is 3.51. The van der Waals surface area contributed by atoms with E-state index in [0.29, 0.717) is 0 Å². The molecule has 0 spiro atoms. The van der Waals surface area contributed by atoms with Gasteiger partial charge in [-0.15, -0.1) is 0 Å². The molecule has 1 aromatic carbocycles. The van der Waals surface area contributed by atoms with Gasteiger partial charge in [-0.3, -0.25) is 0 Å². The summed E-state index contributed by atoms with van der Waals surface area (Å²) in [4.78, 5) is 0. The van der Waals surface area contributed by atoms with Gasteiger partial charge in [-0.2, -0.15) is 11.8 Å². The minimum absolute atomic E-state index is 0.912. The van der Waals surface area contributed by atoms with Crippen LogP contribution in [0.15, 0.2) is 30.3 Å². The average molecular weight is 235 g/mol. The van der Waals surface area contributed by atoms with Crippen molar-refractivity contribution < 1.29 is 0 Å². The number of rotatable bonds is 5. The first-order valence-corrected chi connectivity index (χ1v) is 7.43. The fourth-order valence-electron chi connectivity index (χ4n) is 2.15. The van der Waals surface area contributed by atoms with Gasteiger partial charge in [-0.05, 0) is 55.3 Å². The van der Waals surface area contributed by atoms with E-state index in [1.165, 1.54) is 49.4 Å². The summed E-state index contributed by atoms with van der Waals surface area (Å²) in [6, 6.07) is 10.8. The van der Waals surface area contributed by atoms with Gasteiger partial charge < -0.3 is 5.32 Å². The SMILES string of the molecule is c1ccc(CCSCC2CCCNC2)cc1. The van der Waals surface area contributed by atoms with Crippen molar-refractivity contribution in [2.75, 3.05) is 24.6 Å². The van der Waals surface area contributed by atoms with Crippen LogP contribution in [0, 0.1) is 5.92 Å². The van der Waals surface area contributed by atoms with Crippen molar-refractivity contribution in [2.24, 2.45) is 5.92 Å². The maximum atomic E-state index is 3.48. The van der Waals surface area contributed by atoms with Crippen LogP contribution in [-0.2, 0) is 6.42 Å². The van der Waals surface area contributed by atoms with Crippen LogP contribution >= 0.6 is 11.8 Å². The first-order chi connectivity index (χ1) is 7.95. The lowest BCUT2D eigenvalue weighted by Gasteiger charge is -2.22. The zero-order chi connectivity index (χ0) is 11.1. The predicted molar refractivity (Wildman–Crippen MR) is 73.1 cm³/mol. The third-order valence-corrected chi connectivity index (χ3v) is 4.33. The molecule has 0 saturated carbocycles. The van der Waals surface area contributed by atoms with Crippen LogP contribution in [0.3, 0.4) is 0 Å². The lowest BCUT2D eigenvalue weighted by atomic mass is 10.0. The summed E-state index contributed by atoms with van der Waals surface area (Å²) in [5.41, 5.74) is 1.47. The minimum atomic E-state index is 0.912. The van der Waals surface area contributed by atoms with E-state index in [-0.39, 0.29) is 0 Å². The molecule has 1 fully saturated rings. The molecule has 0 aromatic heterocycles. The van der Waals surface area contributed by atoms with Gasteiger partial charge in [0.25, 0.3) is 0 Å². The van der Waals surface area contributed by atoms with Crippen LogP contribution in [0.1, 0.15) is 18.4 Å². The average Bonchev–Trinajstić information content (AvgIpc) is 2.37. The molecule has 1 aromatic rings. The molecule has 1 atom stereocenters. The monoisotopic (exact) mass is 235 g/mol. The Morgan fingerprint density at radius 3 is 2.88 bits per heavy atom. The molecule has 88 valence electrons. The van der Waals surface area contributed by atoms with Crippen molar-refractivity contribution in [3.8, 4) is 0 Å². The summed E-state index contributed by atoms with van der Waals surface area (Å²) in [5, 5.41) is 3.48. The minimum Gasteiger partial charge on any atom is -0.316 e. The summed E-state index contributed by atoms with van der Waals surface area (Å²) in [6.07, 6.45) is 4.00. The highest BCUT2D eigenvalue weighted by molar-refractivity contribution is 7.99. The number of hydrogen-bond donors (Lipinski definition) is 1. The fourth-order valence-corrected chi connectivity index (χ4v) is 3.32. The van der Waals surface area contributed by atoms with E-state index in [2.05, 4.69) is 47.4 Å². The van der Waals surface area contributed by atoms with Gasteiger partial charge in [0.1, 0.15) is 0 Å². The Morgan fingerprint density at radius 2 is 2.12 bits per heavy atom. The molecular formula is C14H21NS. The van der Waals surface area contributed by atoms with Crippen LogP contribution in [0.25, 0.3) is 0 Å². The van der Waals surface area contributed by atoms with Gasteiger partial charge >= 0.3 is 0 Å². The molecule has 0 aliphatic carbocycles. The number of nitrogens with one attached hydrogen (secondary N) is 1. The van der Waals surface area contributed by atoms with Crippen molar-refractivity contribution in [1.82, 2.24) is 5.32 Å². The molecule has 1 heterocycles. The largest absolute Gasteiger partial charge is 0.316 e. The highest BCUT2D eigenvalue weighted by atomic mass is 32.2. The Morgan fingerprint density at radius 1 is 1.25 bits per heavy atom. The number of thioether (sulfide) groups is 1. The Kier molecular flexibility index (Phi) is 5.23. The van der Waals surface area contributed by atoms with E-state index < -0.39 is 0 Å². The summed E-state index contributed by atoms with van der Waals surface area (Å²) in [6.45, 7) is 2.46. The maximum absolute atomic E-state index is 3.48. The van der Waals surface area contributed by atoms with E-state index in [1.54, 1.807) is 0 Å². The van der Waals surface area contributed by atoms with E-state index in [1.807, 2.05) is 0 Å². The second-order valence-electron chi connectivity index (χ2n) is 4.52. The molecule has 1 aliphatic rings. The lowest BCUT2D eigenvalue weighted by Crippen LogP contribution is -2.31. The summed E-state index contributed by atoms with van der Waals surface area (Å²) in [7, 11) is 0. The quantitative estimate of drug-likeness (QED) is 0.788. The van der Waals surface area contributed by atoms with Crippen molar-refractivity contribution in [2.45, 2.75) is 19.3 Å². The molecule has 1 N–H and O–H groups in total. The highest BCUT2D eigenvalue weighted by Crippen LogP contribution is 2.17. The number of piperidine rings is 1. The fraction of sp³-hybridized carbons (Fsp3) is 0.571. The third-order valence-electron chi connectivity index (χ3n) is 3.13. The smallest absolute Gasteiger partial charge is 0.00126 e. The van der Waals surface area contributed by atoms with Crippen LogP contribution in [0.5, 0.6) is 0 Å². The molecule has 1 nitrogen and oxygen atoms in total. The van der Waals surface area contributed by atoms with Gasteiger partial charge in [0, 0.05) is 0 Å². The van der Waals surface area contributed by atoms with Gasteiger partial charge in [0.2, 0.25) is 0 Å². The molecule has 0 radical (unpaired) electrons. The van der Waals surface area contributed by atoms with Crippen LogP contribution in [-0.4, -0.2) is 24.6 Å². The second kappa shape index (κ2) is 6.97. The van der Waals surface area contributed by atoms with Crippen molar-refractivity contribution in [3.05, 3.63) is 35.9 Å². The van der Waals surface area contributed by atoms with Crippen molar-refractivity contribution in [1.29, 1.82) is 0 Å². The zero-order valence-electron chi connectivity index (χ0n) is 9.82. The van der Waals surface area contributed by atoms with E-state index in [4.69, 9.17) is 0 Å². The van der Waals surface area contributed by atoms with E-state index in [9.17, 15) is 0 Å². The van der Waals surface area contributed by atoms with Gasteiger partial charge in [-0.1, -0.05) is 30.3 Å².